The molecule has 0 amide bonds. The van der Waals surface area contributed by atoms with Gasteiger partial charge < -0.3 is 14.8 Å². The summed E-state index contributed by atoms with van der Waals surface area (Å²) in [7, 11) is 0. The van der Waals surface area contributed by atoms with E-state index in [9.17, 15) is 0 Å². The molecule has 0 aromatic heterocycles. The van der Waals surface area contributed by atoms with E-state index >= 15 is 0 Å². The molecule has 0 spiro atoms. The second-order valence-corrected chi connectivity index (χ2v) is 4.72. The van der Waals surface area contributed by atoms with Crippen LogP contribution in [-0.2, 0) is 9.47 Å². The maximum absolute atomic E-state index is 5.73. The molecule has 1 atom stereocenters. The first-order valence-corrected chi connectivity index (χ1v) is 5.92. The molecule has 2 aliphatic rings. The molecule has 0 aliphatic carbocycles. The van der Waals surface area contributed by atoms with E-state index in [1.807, 2.05) is 0 Å². The van der Waals surface area contributed by atoms with Crippen LogP contribution in [0.25, 0.3) is 0 Å². The summed E-state index contributed by atoms with van der Waals surface area (Å²) in [5.74, 6) is 0. The fourth-order valence-electron chi connectivity index (χ4n) is 1.99. The van der Waals surface area contributed by atoms with Crippen molar-refractivity contribution in [2.45, 2.75) is 32.0 Å². The standard InChI is InChI=1S/C11H22N2O2/c1-9(2)13-3-4-15-11(6-13)5-12-10-7-14-8-10/h9-12H,3-8H2,1-2H3. The van der Waals surface area contributed by atoms with Crippen LogP contribution in [-0.4, -0.2) is 62.5 Å². The van der Waals surface area contributed by atoms with Gasteiger partial charge in [0.2, 0.25) is 0 Å². The lowest BCUT2D eigenvalue weighted by molar-refractivity contribution is -0.0506. The summed E-state index contributed by atoms with van der Waals surface area (Å²) < 4.78 is 10.9. The summed E-state index contributed by atoms with van der Waals surface area (Å²) >= 11 is 0. The number of ether oxygens (including phenoxy) is 2. The van der Waals surface area contributed by atoms with Crippen molar-refractivity contribution in [2.24, 2.45) is 0 Å². The van der Waals surface area contributed by atoms with Gasteiger partial charge in [0, 0.05) is 25.7 Å². The predicted octanol–water partition coefficient (Wildman–Crippen LogP) is 0.0840. The lowest BCUT2D eigenvalue weighted by Gasteiger charge is -2.37. The lowest BCUT2D eigenvalue weighted by atomic mass is 10.2. The maximum atomic E-state index is 5.73. The molecule has 4 heteroatoms. The first-order chi connectivity index (χ1) is 7.25. The summed E-state index contributed by atoms with van der Waals surface area (Å²) in [5.41, 5.74) is 0. The zero-order valence-corrected chi connectivity index (χ0v) is 9.74. The molecule has 0 saturated carbocycles. The third-order valence-corrected chi connectivity index (χ3v) is 3.17. The van der Waals surface area contributed by atoms with Crippen molar-refractivity contribution in [3.8, 4) is 0 Å². The topological polar surface area (TPSA) is 33.7 Å². The van der Waals surface area contributed by atoms with Crippen LogP contribution in [0.4, 0.5) is 0 Å². The van der Waals surface area contributed by atoms with Gasteiger partial charge in [-0.15, -0.1) is 0 Å². The van der Waals surface area contributed by atoms with E-state index in [1.165, 1.54) is 0 Å². The Hall–Kier alpha value is -0.160. The molecular formula is C11H22N2O2. The normalized spacial score (nSPS) is 29.4. The summed E-state index contributed by atoms with van der Waals surface area (Å²) in [6.07, 6.45) is 0.349. The van der Waals surface area contributed by atoms with E-state index < -0.39 is 0 Å². The van der Waals surface area contributed by atoms with Crippen LogP contribution >= 0.6 is 0 Å². The van der Waals surface area contributed by atoms with Crippen molar-refractivity contribution in [2.75, 3.05) is 39.5 Å². The van der Waals surface area contributed by atoms with Crippen LogP contribution in [0.3, 0.4) is 0 Å². The van der Waals surface area contributed by atoms with Crippen LogP contribution in [0.2, 0.25) is 0 Å². The molecule has 2 heterocycles. The van der Waals surface area contributed by atoms with E-state index in [2.05, 4.69) is 24.1 Å². The highest BCUT2D eigenvalue weighted by molar-refractivity contribution is 4.79. The Morgan fingerprint density at radius 3 is 2.80 bits per heavy atom. The van der Waals surface area contributed by atoms with E-state index in [0.29, 0.717) is 18.2 Å². The Morgan fingerprint density at radius 1 is 1.40 bits per heavy atom. The minimum absolute atomic E-state index is 0.349. The number of hydrogen-bond donors (Lipinski definition) is 1. The molecule has 0 bridgehead atoms. The van der Waals surface area contributed by atoms with Crippen molar-refractivity contribution in [3.63, 3.8) is 0 Å². The number of nitrogens with zero attached hydrogens (tertiary/aromatic N) is 1. The van der Waals surface area contributed by atoms with Gasteiger partial charge in [-0.3, -0.25) is 4.90 Å². The predicted molar refractivity (Wildman–Crippen MR) is 59.1 cm³/mol. The second kappa shape index (κ2) is 5.25. The maximum Gasteiger partial charge on any atom is 0.0826 e. The van der Waals surface area contributed by atoms with Crippen molar-refractivity contribution < 1.29 is 9.47 Å². The number of nitrogens with one attached hydrogen (secondary N) is 1. The number of hydrogen-bond acceptors (Lipinski definition) is 4. The Bertz CT molecular complexity index is 195. The highest BCUT2D eigenvalue weighted by Crippen LogP contribution is 2.09. The van der Waals surface area contributed by atoms with Gasteiger partial charge in [0.25, 0.3) is 0 Å². The molecule has 0 aromatic rings. The quantitative estimate of drug-likeness (QED) is 0.719. The van der Waals surface area contributed by atoms with Crippen molar-refractivity contribution in [3.05, 3.63) is 0 Å². The highest BCUT2D eigenvalue weighted by atomic mass is 16.5. The molecule has 2 saturated heterocycles. The molecule has 2 rings (SSSR count). The largest absolute Gasteiger partial charge is 0.378 e. The molecule has 4 nitrogen and oxygen atoms in total. The van der Waals surface area contributed by atoms with Crippen LogP contribution < -0.4 is 5.32 Å². The Labute approximate surface area is 91.9 Å². The minimum Gasteiger partial charge on any atom is -0.378 e. The first-order valence-electron chi connectivity index (χ1n) is 5.92. The molecule has 88 valence electrons. The number of rotatable bonds is 4. The van der Waals surface area contributed by atoms with E-state index in [0.717, 1.165) is 39.5 Å². The van der Waals surface area contributed by atoms with Crippen molar-refractivity contribution >= 4 is 0 Å². The molecule has 1 unspecified atom stereocenters. The Kier molecular flexibility index (Phi) is 3.97. The Balaban J connectivity index is 1.67. The monoisotopic (exact) mass is 214 g/mol. The van der Waals surface area contributed by atoms with Crippen molar-refractivity contribution in [1.29, 1.82) is 0 Å². The van der Waals surface area contributed by atoms with E-state index in [1.54, 1.807) is 0 Å². The highest BCUT2D eigenvalue weighted by Gasteiger charge is 2.24. The molecule has 2 fully saturated rings. The van der Waals surface area contributed by atoms with Gasteiger partial charge in [0.15, 0.2) is 0 Å². The molecule has 0 radical (unpaired) electrons. The van der Waals surface area contributed by atoms with Crippen LogP contribution in [0.5, 0.6) is 0 Å². The van der Waals surface area contributed by atoms with Gasteiger partial charge in [-0.1, -0.05) is 0 Å². The van der Waals surface area contributed by atoms with Gasteiger partial charge in [0.1, 0.15) is 0 Å². The van der Waals surface area contributed by atoms with Gasteiger partial charge >= 0.3 is 0 Å². The summed E-state index contributed by atoms with van der Waals surface area (Å²) in [6, 6.07) is 1.19. The van der Waals surface area contributed by atoms with Gasteiger partial charge in [0.05, 0.1) is 32.0 Å². The summed E-state index contributed by atoms with van der Waals surface area (Å²) in [5, 5.41) is 3.47. The van der Waals surface area contributed by atoms with Crippen LogP contribution in [0, 0.1) is 0 Å². The fourth-order valence-corrected chi connectivity index (χ4v) is 1.99. The molecule has 0 aromatic carbocycles. The molecule has 15 heavy (non-hydrogen) atoms. The average Bonchev–Trinajstić information content (AvgIpc) is 2.16. The van der Waals surface area contributed by atoms with E-state index in [-0.39, 0.29) is 0 Å². The number of morpholine rings is 1. The second-order valence-electron chi connectivity index (χ2n) is 4.72. The molecule has 2 aliphatic heterocycles. The van der Waals surface area contributed by atoms with Crippen LogP contribution in [0.1, 0.15) is 13.8 Å². The lowest BCUT2D eigenvalue weighted by Crippen LogP contribution is -2.53. The molecule has 1 N–H and O–H groups in total. The molecular weight excluding hydrogens is 192 g/mol. The zero-order valence-electron chi connectivity index (χ0n) is 9.74. The zero-order chi connectivity index (χ0) is 10.7. The van der Waals surface area contributed by atoms with Crippen molar-refractivity contribution in [1.82, 2.24) is 10.2 Å². The minimum atomic E-state index is 0.349. The van der Waals surface area contributed by atoms with Gasteiger partial charge in [-0.2, -0.15) is 0 Å². The third kappa shape index (κ3) is 3.14. The van der Waals surface area contributed by atoms with Crippen LogP contribution in [0.15, 0.2) is 0 Å². The van der Waals surface area contributed by atoms with Gasteiger partial charge in [-0.05, 0) is 13.8 Å². The summed E-state index contributed by atoms with van der Waals surface area (Å²) in [6.45, 7) is 10.2. The fraction of sp³-hybridized carbons (Fsp3) is 1.00. The first kappa shape index (κ1) is 11.3. The van der Waals surface area contributed by atoms with E-state index in [4.69, 9.17) is 9.47 Å². The Morgan fingerprint density at radius 2 is 2.20 bits per heavy atom. The summed E-state index contributed by atoms with van der Waals surface area (Å²) in [4.78, 5) is 2.48. The SMILES string of the molecule is CC(C)N1CCOC(CNC2COC2)C1. The average molecular weight is 214 g/mol. The third-order valence-electron chi connectivity index (χ3n) is 3.17. The smallest absolute Gasteiger partial charge is 0.0826 e. The van der Waals surface area contributed by atoms with Gasteiger partial charge in [-0.25, -0.2) is 0 Å².